The molecule has 5 heteroatoms. The minimum absolute atomic E-state index is 0.150. The highest BCUT2D eigenvalue weighted by Gasteiger charge is 2.09. The van der Waals surface area contributed by atoms with Crippen molar-refractivity contribution >= 4 is 28.7 Å². The molecule has 1 aromatic carbocycles. The maximum Gasteiger partial charge on any atom is 0.257 e. The topological polar surface area (TPSA) is 54.4 Å². The average Bonchev–Trinajstić information content (AvgIpc) is 2.68. The fraction of sp³-hybridized carbons (Fsp3) is 0.381. The minimum Gasteiger partial charge on any atom is -0.301 e. The Morgan fingerprint density at radius 2 is 1.85 bits per heavy atom. The number of rotatable bonds is 8. The lowest BCUT2D eigenvalue weighted by molar-refractivity contribution is 0.0978. The number of carbonyl (C=O) groups is 1. The van der Waals surface area contributed by atoms with E-state index < -0.39 is 0 Å². The van der Waals surface area contributed by atoms with Crippen LogP contribution in [0.25, 0.3) is 0 Å². The van der Waals surface area contributed by atoms with E-state index in [1.807, 2.05) is 42.7 Å². The fourth-order valence-electron chi connectivity index (χ4n) is 2.57. The van der Waals surface area contributed by atoms with Gasteiger partial charge in [-0.05, 0) is 48.9 Å². The molecular formula is C21H27N3OS. The molecule has 2 aromatic rings. The van der Waals surface area contributed by atoms with Crippen LogP contribution in [0.3, 0.4) is 0 Å². The normalized spacial score (nSPS) is 11.4. The lowest BCUT2D eigenvalue weighted by Gasteiger charge is -2.07. The van der Waals surface area contributed by atoms with Crippen LogP contribution < -0.4 is 5.32 Å². The van der Waals surface area contributed by atoms with Crippen LogP contribution in [0.4, 0.5) is 5.82 Å². The summed E-state index contributed by atoms with van der Waals surface area (Å²) in [6.45, 7) is 2.23. The van der Waals surface area contributed by atoms with Crippen molar-refractivity contribution in [3.8, 4) is 0 Å². The van der Waals surface area contributed by atoms with Crippen LogP contribution in [0, 0.1) is 0 Å². The van der Waals surface area contributed by atoms with E-state index in [-0.39, 0.29) is 5.91 Å². The Morgan fingerprint density at radius 1 is 1.08 bits per heavy atom. The molecule has 2 rings (SSSR count). The fourth-order valence-corrected chi connectivity index (χ4v) is 2.95. The first-order chi connectivity index (χ1) is 12.7. The van der Waals surface area contributed by atoms with E-state index in [9.17, 15) is 4.79 Å². The highest BCUT2D eigenvalue weighted by atomic mass is 32.2. The third-order valence-corrected chi connectivity index (χ3v) is 4.64. The molecule has 0 aliphatic rings. The monoisotopic (exact) mass is 369 g/mol. The van der Waals surface area contributed by atoms with E-state index in [1.165, 1.54) is 49.4 Å². The number of amides is 1. The van der Waals surface area contributed by atoms with Crippen LogP contribution in [0.15, 0.2) is 53.7 Å². The average molecular weight is 370 g/mol. The first-order valence-electron chi connectivity index (χ1n) is 9.17. The number of unbranched alkanes of at least 4 members (excludes halogenated alkanes) is 4. The summed E-state index contributed by atoms with van der Waals surface area (Å²) in [5, 5.41) is 3.39. The maximum absolute atomic E-state index is 12.4. The van der Waals surface area contributed by atoms with Crippen molar-refractivity contribution < 1.29 is 4.79 Å². The molecule has 4 nitrogen and oxygen atoms in total. The van der Waals surface area contributed by atoms with Crippen molar-refractivity contribution in [1.29, 1.82) is 0 Å². The van der Waals surface area contributed by atoms with Gasteiger partial charge in [0.1, 0.15) is 0 Å². The Hall–Kier alpha value is -2.14. The summed E-state index contributed by atoms with van der Waals surface area (Å²) in [6.07, 6.45) is 11.0. The Morgan fingerprint density at radius 3 is 2.50 bits per heavy atom. The van der Waals surface area contributed by atoms with Gasteiger partial charge in [-0.2, -0.15) is 0 Å². The molecule has 0 aliphatic carbocycles. The van der Waals surface area contributed by atoms with Gasteiger partial charge in [0.15, 0.2) is 11.0 Å². The maximum atomic E-state index is 12.4. The molecule has 0 spiro atoms. The Balaban J connectivity index is 1.89. The van der Waals surface area contributed by atoms with Gasteiger partial charge in [-0.1, -0.05) is 62.6 Å². The van der Waals surface area contributed by atoms with Crippen LogP contribution in [0.5, 0.6) is 0 Å². The molecule has 26 heavy (non-hydrogen) atoms. The second-order valence-electron chi connectivity index (χ2n) is 6.12. The minimum atomic E-state index is -0.150. The van der Waals surface area contributed by atoms with Gasteiger partial charge in [0.2, 0.25) is 0 Å². The van der Waals surface area contributed by atoms with E-state index in [0.717, 1.165) is 6.42 Å². The number of carbonyl (C=O) groups excluding carboxylic acids is 1. The van der Waals surface area contributed by atoms with Gasteiger partial charge in [-0.15, -0.1) is 0 Å². The predicted octanol–water partition coefficient (Wildman–Crippen LogP) is 5.38. The zero-order valence-electron chi connectivity index (χ0n) is 15.6. The molecule has 0 saturated heterocycles. The van der Waals surface area contributed by atoms with E-state index in [1.54, 1.807) is 12.3 Å². The van der Waals surface area contributed by atoms with Gasteiger partial charge in [0.25, 0.3) is 5.91 Å². The molecule has 0 aliphatic heterocycles. The van der Waals surface area contributed by atoms with E-state index in [0.29, 0.717) is 16.5 Å². The highest BCUT2D eigenvalue weighted by Crippen LogP contribution is 2.12. The molecule has 0 radical (unpaired) electrons. The summed E-state index contributed by atoms with van der Waals surface area (Å²) in [6, 6.07) is 13.4. The zero-order chi connectivity index (χ0) is 18.6. The number of amidine groups is 1. The lowest BCUT2D eigenvalue weighted by atomic mass is 10.0. The van der Waals surface area contributed by atoms with Crippen LogP contribution in [-0.2, 0) is 6.42 Å². The number of hydrogen-bond donors (Lipinski definition) is 1. The molecular weight excluding hydrogens is 342 g/mol. The first-order valence-corrected chi connectivity index (χ1v) is 10.4. The summed E-state index contributed by atoms with van der Waals surface area (Å²) < 4.78 is 0. The Kier molecular flexibility index (Phi) is 8.90. The van der Waals surface area contributed by atoms with Crippen LogP contribution >= 0.6 is 11.8 Å². The van der Waals surface area contributed by atoms with Crippen molar-refractivity contribution in [2.24, 2.45) is 4.99 Å². The number of aliphatic imine (C=N–C) groups is 1. The number of pyridine rings is 1. The number of aromatic nitrogens is 1. The standard InChI is InChI=1S/C21H27N3OS/c1-3-4-5-6-7-10-17-12-14-18(15-13-17)20(25)24-21(26-2)23-19-11-8-9-16-22-19/h8-9,11-16H,3-7,10H2,1-2H3,(H,22,23,24,25). The van der Waals surface area contributed by atoms with Crippen LogP contribution in [0.2, 0.25) is 0 Å². The molecule has 1 heterocycles. The molecule has 1 N–H and O–H groups in total. The smallest absolute Gasteiger partial charge is 0.257 e. The molecule has 138 valence electrons. The third kappa shape index (κ3) is 7.00. The third-order valence-electron chi connectivity index (χ3n) is 4.06. The molecule has 1 aromatic heterocycles. The number of hydrogen-bond acceptors (Lipinski definition) is 4. The number of nitrogens with zero attached hydrogens (tertiary/aromatic N) is 2. The van der Waals surface area contributed by atoms with Crippen molar-refractivity contribution in [3.05, 3.63) is 59.8 Å². The van der Waals surface area contributed by atoms with Gasteiger partial charge in [-0.3, -0.25) is 4.79 Å². The van der Waals surface area contributed by atoms with Gasteiger partial charge >= 0.3 is 0 Å². The van der Waals surface area contributed by atoms with Gasteiger partial charge < -0.3 is 5.32 Å². The van der Waals surface area contributed by atoms with E-state index in [2.05, 4.69) is 22.2 Å². The molecule has 0 fully saturated rings. The summed E-state index contributed by atoms with van der Waals surface area (Å²) in [5.74, 6) is 0.430. The second kappa shape index (κ2) is 11.5. The zero-order valence-corrected chi connectivity index (χ0v) is 16.4. The molecule has 0 bridgehead atoms. The highest BCUT2D eigenvalue weighted by molar-refractivity contribution is 8.13. The Labute approximate surface area is 160 Å². The summed E-state index contributed by atoms with van der Waals surface area (Å²) in [5.41, 5.74) is 1.92. The number of thioether (sulfide) groups is 1. The number of nitrogens with one attached hydrogen (secondary N) is 1. The number of aryl methyl sites for hydroxylation is 1. The molecule has 0 saturated carbocycles. The second-order valence-corrected chi connectivity index (χ2v) is 6.92. The van der Waals surface area contributed by atoms with Crippen LogP contribution in [-0.4, -0.2) is 22.3 Å². The van der Waals surface area contributed by atoms with Gasteiger partial charge in [-0.25, -0.2) is 9.98 Å². The van der Waals surface area contributed by atoms with Crippen molar-refractivity contribution in [2.45, 2.75) is 45.4 Å². The SMILES string of the molecule is CCCCCCCc1ccc(C(=O)N/C(=N/c2ccccn2)SC)cc1. The number of benzene rings is 1. The predicted molar refractivity (Wildman–Crippen MR) is 111 cm³/mol. The first kappa shape index (κ1) is 20.2. The lowest BCUT2D eigenvalue weighted by Crippen LogP contribution is -2.28. The van der Waals surface area contributed by atoms with E-state index in [4.69, 9.17) is 0 Å². The van der Waals surface area contributed by atoms with Crippen molar-refractivity contribution in [1.82, 2.24) is 10.3 Å². The summed E-state index contributed by atoms with van der Waals surface area (Å²) >= 11 is 1.39. The largest absolute Gasteiger partial charge is 0.301 e. The van der Waals surface area contributed by atoms with Gasteiger partial charge in [0, 0.05) is 11.8 Å². The molecule has 0 unspecified atom stereocenters. The summed E-state index contributed by atoms with van der Waals surface area (Å²) in [7, 11) is 0. The Bertz CT molecular complexity index is 699. The van der Waals surface area contributed by atoms with Crippen molar-refractivity contribution in [2.75, 3.05) is 6.26 Å². The summed E-state index contributed by atoms with van der Waals surface area (Å²) in [4.78, 5) is 20.9. The van der Waals surface area contributed by atoms with Gasteiger partial charge in [0.05, 0.1) is 0 Å². The van der Waals surface area contributed by atoms with Crippen LogP contribution in [0.1, 0.15) is 54.9 Å². The molecule has 1 amide bonds. The van der Waals surface area contributed by atoms with Crippen molar-refractivity contribution in [3.63, 3.8) is 0 Å². The molecule has 0 atom stereocenters. The quantitative estimate of drug-likeness (QED) is 0.386. The van der Waals surface area contributed by atoms with E-state index >= 15 is 0 Å².